The van der Waals surface area contributed by atoms with Crippen LogP contribution < -0.4 is 5.43 Å². The number of esters is 1. The van der Waals surface area contributed by atoms with Crippen LogP contribution in [0.25, 0.3) is 10.9 Å². The lowest BCUT2D eigenvalue weighted by Gasteiger charge is -2.36. The summed E-state index contributed by atoms with van der Waals surface area (Å²) in [6, 6.07) is 5.84. The van der Waals surface area contributed by atoms with Crippen molar-refractivity contribution in [3.63, 3.8) is 0 Å². The van der Waals surface area contributed by atoms with Gasteiger partial charge in [0.05, 0.1) is 12.1 Å². The first-order valence-corrected chi connectivity index (χ1v) is 15.8. The van der Waals surface area contributed by atoms with E-state index < -0.39 is 14.3 Å². The highest BCUT2D eigenvalue weighted by Gasteiger charge is 2.37. The molecule has 0 bridgehead atoms. The molecule has 2 heterocycles. The predicted molar refractivity (Wildman–Crippen MR) is 145 cm³/mol. The third-order valence-electron chi connectivity index (χ3n) is 7.04. The number of carbonyl (C=O) groups is 1. The molecule has 0 aliphatic carbocycles. The van der Waals surface area contributed by atoms with Crippen LogP contribution in [0.3, 0.4) is 0 Å². The zero-order chi connectivity index (χ0) is 24.4. The molecule has 8 heteroatoms. The number of nitrogens with zero attached hydrogens (tertiary/aromatic N) is 2. The van der Waals surface area contributed by atoms with E-state index >= 15 is 0 Å². The molecule has 1 aliphatic heterocycles. The molecule has 1 saturated heterocycles. The fourth-order valence-electron chi connectivity index (χ4n) is 4.06. The normalized spacial score (nSPS) is 17.6. The van der Waals surface area contributed by atoms with Crippen LogP contribution in [0.1, 0.15) is 44.5 Å². The number of pyridine rings is 1. The Morgan fingerprint density at radius 3 is 2.67 bits per heavy atom. The molecule has 1 unspecified atom stereocenters. The van der Waals surface area contributed by atoms with Gasteiger partial charge in [-0.1, -0.05) is 20.8 Å². The maximum atomic E-state index is 13.0. The van der Waals surface area contributed by atoms with E-state index in [-0.39, 0.29) is 22.6 Å². The number of carbonyl (C=O) groups excluding carboxylic acids is 1. The van der Waals surface area contributed by atoms with E-state index in [1.165, 1.54) is 0 Å². The van der Waals surface area contributed by atoms with Gasteiger partial charge < -0.3 is 18.6 Å². The van der Waals surface area contributed by atoms with Crippen LogP contribution in [-0.4, -0.2) is 56.6 Å². The van der Waals surface area contributed by atoms with Gasteiger partial charge in [0, 0.05) is 41.4 Å². The van der Waals surface area contributed by atoms with Crippen LogP contribution in [0, 0.1) is 9.49 Å². The third kappa shape index (κ3) is 6.26. The minimum absolute atomic E-state index is 0.115. The monoisotopic (exact) mass is 584 g/mol. The lowest BCUT2D eigenvalue weighted by molar-refractivity contribution is 0.0524. The molecule has 3 rings (SSSR count). The Kier molecular flexibility index (Phi) is 8.45. The third-order valence-corrected chi connectivity index (χ3v) is 12.2. The summed E-state index contributed by atoms with van der Waals surface area (Å²) in [5, 5.41) is 0.797. The maximum Gasteiger partial charge on any atom is 0.343 e. The number of hydrogen-bond donors (Lipinski definition) is 0. The highest BCUT2D eigenvalue weighted by molar-refractivity contribution is 14.1. The fourth-order valence-corrected chi connectivity index (χ4v) is 5.59. The molecule has 6 nitrogen and oxygen atoms in total. The van der Waals surface area contributed by atoms with Crippen LogP contribution in [0.15, 0.2) is 29.2 Å². The summed E-state index contributed by atoms with van der Waals surface area (Å²) in [6.07, 6.45) is 2.78. The van der Waals surface area contributed by atoms with Gasteiger partial charge in [-0.05, 0) is 84.7 Å². The number of likely N-dealkylation sites (tertiary alicyclic amines) is 1. The number of hydrogen-bond acceptors (Lipinski definition) is 5. The lowest BCUT2D eigenvalue weighted by Crippen LogP contribution is -2.42. The molecule has 182 valence electrons. The van der Waals surface area contributed by atoms with E-state index in [4.69, 9.17) is 9.16 Å². The Morgan fingerprint density at radius 1 is 1.27 bits per heavy atom. The van der Waals surface area contributed by atoms with Crippen molar-refractivity contribution < 1.29 is 14.0 Å². The van der Waals surface area contributed by atoms with Crippen molar-refractivity contribution in [2.75, 3.05) is 32.8 Å². The SMILES string of the molecule is CCOC(=O)c1cn(CC2CCN(CCO[Si](C)(C)C(C)(C)C)C2)c2ccc(I)cc2c1=O. The molecule has 1 aliphatic rings. The largest absolute Gasteiger partial charge is 0.462 e. The maximum absolute atomic E-state index is 13.0. The first-order chi connectivity index (χ1) is 15.4. The minimum atomic E-state index is -1.72. The van der Waals surface area contributed by atoms with Crippen molar-refractivity contribution in [2.24, 2.45) is 5.92 Å². The summed E-state index contributed by atoms with van der Waals surface area (Å²) in [5.41, 5.74) is 0.728. The summed E-state index contributed by atoms with van der Waals surface area (Å²) in [7, 11) is -1.72. The number of rotatable bonds is 8. The summed E-state index contributed by atoms with van der Waals surface area (Å²) in [6.45, 7) is 17.9. The van der Waals surface area contributed by atoms with E-state index in [0.29, 0.717) is 11.3 Å². The van der Waals surface area contributed by atoms with Crippen molar-refractivity contribution in [2.45, 2.75) is 58.8 Å². The number of fused-ring (bicyclic) bond motifs is 1. The van der Waals surface area contributed by atoms with Gasteiger partial charge in [0.15, 0.2) is 8.32 Å². The van der Waals surface area contributed by atoms with Gasteiger partial charge in [0.1, 0.15) is 5.56 Å². The van der Waals surface area contributed by atoms with Crippen molar-refractivity contribution in [1.82, 2.24) is 9.47 Å². The zero-order valence-electron chi connectivity index (χ0n) is 20.7. The van der Waals surface area contributed by atoms with Gasteiger partial charge >= 0.3 is 5.97 Å². The van der Waals surface area contributed by atoms with Crippen LogP contribution in [-0.2, 0) is 15.7 Å². The second kappa shape index (κ2) is 10.6. The molecular weight excluding hydrogens is 547 g/mol. The van der Waals surface area contributed by atoms with Gasteiger partial charge in [-0.3, -0.25) is 4.79 Å². The molecule has 2 aromatic rings. The van der Waals surface area contributed by atoms with Gasteiger partial charge in [0.2, 0.25) is 5.43 Å². The van der Waals surface area contributed by atoms with Crippen molar-refractivity contribution >= 4 is 47.8 Å². The van der Waals surface area contributed by atoms with Gasteiger partial charge in [-0.15, -0.1) is 0 Å². The van der Waals surface area contributed by atoms with Crippen LogP contribution in [0.5, 0.6) is 0 Å². The first-order valence-electron chi connectivity index (χ1n) is 11.8. The highest BCUT2D eigenvalue weighted by atomic mass is 127. The molecule has 0 N–H and O–H groups in total. The molecule has 0 saturated carbocycles. The number of ether oxygens (including phenoxy) is 1. The molecule has 33 heavy (non-hydrogen) atoms. The number of aromatic nitrogens is 1. The summed E-state index contributed by atoms with van der Waals surface area (Å²) in [4.78, 5) is 27.9. The predicted octanol–water partition coefficient (Wildman–Crippen LogP) is 5.13. The first kappa shape index (κ1) is 26.4. The summed E-state index contributed by atoms with van der Waals surface area (Å²) in [5.74, 6) is -0.0919. The van der Waals surface area contributed by atoms with E-state index in [9.17, 15) is 9.59 Å². The van der Waals surface area contributed by atoms with Crippen molar-refractivity contribution in [3.8, 4) is 0 Å². The Morgan fingerprint density at radius 2 is 2.00 bits per heavy atom. The highest BCUT2D eigenvalue weighted by Crippen LogP contribution is 2.36. The molecule has 0 amide bonds. The number of halogens is 1. The smallest absolute Gasteiger partial charge is 0.343 e. The van der Waals surface area contributed by atoms with Crippen LogP contribution in [0.4, 0.5) is 0 Å². The average molecular weight is 585 g/mol. The molecule has 1 aromatic carbocycles. The van der Waals surface area contributed by atoms with E-state index in [1.54, 1.807) is 13.1 Å². The lowest BCUT2D eigenvalue weighted by atomic mass is 10.1. The fraction of sp³-hybridized carbons (Fsp3) is 0.600. The quantitative estimate of drug-likeness (QED) is 0.245. The molecule has 0 spiro atoms. The van der Waals surface area contributed by atoms with Crippen molar-refractivity contribution in [3.05, 3.63) is 43.8 Å². The Labute approximate surface area is 211 Å². The molecule has 1 fully saturated rings. The van der Waals surface area contributed by atoms with Gasteiger partial charge in [-0.2, -0.15) is 0 Å². The summed E-state index contributed by atoms with van der Waals surface area (Å²) < 4.78 is 14.6. The van der Waals surface area contributed by atoms with E-state index in [2.05, 4.69) is 65.9 Å². The molecule has 0 radical (unpaired) electrons. The van der Waals surface area contributed by atoms with Gasteiger partial charge in [-0.25, -0.2) is 4.79 Å². The van der Waals surface area contributed by atoms with Crippen molar-refractivity contribution in [1.29, 1.82) is 0 Å². The topological polar surface area (TPSA) is 60.8 Å². The molecule has 1 aromatic heterocycles. The molecule has 1 atom stereocenters. The zero-order valence-corrected chi connectivity index (χ0v) is 23.9. The van der Waals surface area contributed by atoms with E-state index in [1.807, 2.05) is 18.2 Å². The Hall–Kier alpha value is -1.23. The average Bonchev–Trinajstić information content (AvgIpc) is 3.16. The van der Waals surface area contributed by atoms with Gasteiger partial charge in [0.25, 0.3) is 0 Å². The second-order valence-electron chi connectivity index (χ2n) is 10.5. The molecular formula is C25H37IN2O4Si. The minimum Gasteiger partial charge on any atom is -0.462 e. The van der Waals surface area contributed by atoms with Crippen LogP contribution in [0.2, 0.25) is 18.1 Å². The van der Waals surface area contributed by atoms with Crippen LogP contribution >= 0.6 is 22.6 Å². The Balaban J connectivity index is 1.73. The number of benzene rings is 1. The standard InChI is InChI=1S/C25H37IN2O4Si/c1-7-31-24(30)21-17-28(22-9-8-19(26)14-20(22)23(21)29)16-18-10-11-27(15-18)12-13-32-33(5,6)25(2,3)4/h8-9,14,17-18H,7,10-13,15-16H2,1-6H3. The van der Waals surface area contributed by atoms with E-state index in [0.717, 1.165) is 48.3 Å². The Bertz CT molecular complexity index is 1060. The second-order valence-corrected chi connectivity index (χ2v) is 16.5. The summed E-state index contributed by atoms with van der Waals surface area (Å²) >= 11 is 2.20.